The summed E-state index contributed by atoms with van der Waals surface area (Å²) >= 11 is 0. The second-order valence-electron chi connectivity index (χ2n) is 6.51. The van der Waals surface area contributed by atoms with Crippen molar-refractivity contribution in [3.05, 3.63) is 24.2 Å². The zero-order valence-electron chi connectivity index (χ0n) is 14.3. The maximum atomic E-state index is 11.6. The summed E-state index contributed by atoms with van der Waals surface area (Å²) in [5.41, 5.74) is 0.987. The Balaban J connectivity index is 2.27. The van der Waals surface area contributed by atoms with Crippen LogP contribution < -0.4 is 4.74 Å². The predicted octanol–water partition coefficient (Wildman–Crippen LogP) is 2.36. The van der Waals surface area contributed by atoms with Gasteiger partial charge in [-0.2, -0.15) is 15.3 Å². The summed E-state index contributed by atoms with van der Waals surface area (Å²) in [5, 5.41) is 21.3. The van der Waals surface area contributed by atoms with Crippen LogP contribution in [0.2, 0.25) is 25.7 Å². The fourth-order valence-corrected chi connectivity index (χ4v) is 2.85. The molecule has 0 saturated heterocycles. The van der Waals surface area contributed by atoms with Crippen molar-refractivity contribution in [1.82, 2.24) is 20.0 Å². The molecule has 0 bridgehead atoms. The first kappa shape index (κ1) is 18.1. The van der Waals surface area contributed by atoms with Crippen molar-refractivity contribution >= 4 is 14.0 Å². The van der Waals surface area contributed by atoms with Crippen molar-refractivity contribution in [3.63, 3.8) is 0 Å². The fraction of sp³-hybridized carbons (Fsp3) is 0.467. The van der Waals surface area contributed by atoms with Crippen molar-refractivity contribution in [2.24, 2.45) is 0 Å². The van der Waals surface area contributed by atoms with E-state index in [-0.39, 0.29) is 18.2 Å². The molecule has 2 aromatic rings. The van der Waals surface area contributed by atoms with E-state index < -0.39 is 14.0 Å². The van der Waals surface area contributed by atoms with E-state index in [1.165, 1.54) is 24.2 Å². The maximum Gasteiger partial charge on any atom is 0.358 e. The lowest BCUT2D eigenvalue weighted by Crippen LogP contribution is -2.22. The minimum atomic E-state index is -1.21. The van der Waals surface area contributed by atoms with Crippen LogP contribution in [0.5, 0.6) is 5.75 Å². The molecule has 0 spiro atoms. The lowest BCUT2D eigenvalue weighted by molar-refractivity contribution is 0.0586. The van der Waals surface area contributed by atoms with E-state index in [0.717, 1.165) is 6.04 Å². The summed E-state index contributed by atoms with van der Waals surface area (Å²) in [5.74, 6) is -0.939. The Kier molecular flexibility index (Phi) is 5.68. The van der Waals surface area contributed by atoms with Crippen LogP contribution in [-0.2, 0) is 11.5 Å². The van der Waals surface area contributed by atoms with Gasteiger partial charge in [0.25, 0.3) is 0 Å². The molecule has 0 saturated carbocycles. The second kappa shape index (κ2) is 7.54. The van der Waals surface area contributed by atoms with Gasteiger partial charge in [-0.3, -0.25) is 0 Å². The van der Waals surface area contributed by atoms with Crippen molar-refractivity contribution in [2.45, 2.75) is 32.4 Å². The molecule has 0 aliphatic heterocycles. The van der Waals surface area contributed by atoms with Gasteiger partial charge in [0.2, 0.25) is 0 Å². The molecule has 2 aromatic heterocycles. The lowest BCUT2D eigenvalue weighted by Gasteiger charge is -2.15. The van der Waals surface area contributed by atoms with E-state index in [2.05, 4.69) is 34.9 Å². The van der Waals surface area contributed by atoms with E-state index in [0.29, 0.717) is 17.9 Å². The van der Waals surface area contributed by atoms with Crippen molar-refractivity contribution < 1.29 is 19.4 Å². The quantitative estimate of drug-likeness (QED) is 0.576. The Morgan fingerprint density at radius 3 is 2.62 bits per heavy atom. The van der Waals surface area contributed by atoms with E-state index in [1.54, 1.807) is 6.07 Å². The summed E-state index contributed by atoms with van der Waals surface area (Å²) in [6.45, 7) is 7.39. The Bertz CT molecular complexity index is 697. The number of hydrogen-bond acceptors (Lipinski definition) is 6. The molecule has 0 radical (unpaired) electrons. The molecule has 0 amide bonds. The Labute approximate surface area is 141 Å². The van der Waals surface area contributed by atoms with E-state index in [1.807, 2.05) is 0 Å². The SMILES string of the molecule is COc1c(-c2ccnnc2)nn(COCC[Si](C)(C)C)c1C(=O)O. The number of aromatic carboxylic acids is 1. The van der Waals surface area contributed by atoms with Gasteiger partial charge in [-0.05, 0) is 12.1 Å². The molecule has 0 aromatic carbocycles. The molecule has 0 atom stereocenters. The standard InChI is InChI=1S/C15H22N4O4Si/c1-22-14-12(11-5-6-16-17-9-11)18-19(13(14)15(20)21)10-23-7-8-24(2,3)4/h5-6,9H,7-8,10H2,1-4H3,(H,20,21). The molecule has 24 heavy (non-hydrogen) atoms. The fourth-order valence-electron chi connectivity index (χ4n) is 2.09. The predicted molar refractivity (Wildman–Crippen MR) is 90.9 cm³/mol. The number of aromatic nitrogens is 4. The van der Waals surface area contributed by atoms with Gasteiger partial charge in [-0.1, -0.05) is 19.6 Å². The van der Waals surface area contributed by atoms with Gasteiger partial charge in [0.1, 0.15) is 12.4 Å². The van der Waals surface area contributed by atoms with Gasteiger partial charge < -0.3 is 14.6 Å². The second-order valence-corrected chi connectivity index (χ2v) is 12.1. The average Bonchev–Trinajstić information content (AvgIpc) is 2.90. The minimum Gasteiger partial charge on any atom is -0.492 e. The van der Waals surface area contributed by atoms with Crippen molar-refractivity contribution in [1.29, 1.82) is 0 Å². The van der Waals surface area contributed by atoms with Crippen LogP contribution in [0, 0.1) is 0 Å². The third-order valence-electron chi connectivity index (χ3n) is 3.38. The number of carboxylic acid groups (broad SMARTS) is 1. The number of ether oxygens (including phenoxy) is 2. The third-order valence-corrected chi connectivity index (χ3v) is 5.09. The highest BCUT2D eigenvalue weighted by Crippen LogP contribution is 2.32. The molecule has 1 N–H and O–H groups in total. The summed E-state index contributed by atoms with van der Waals surface area (Å²) in [7, 11) is 0.208. The topological polar surface area (TPSA) is 99.4 Å². The number of carbonyl (C=O) groups is 1. The van der Waals surface area contributed by atoms with Crippen molar-refractivity contribution in [2.75, 3.05) is 13.7 Å². The van der Waals surface area contributed by atoms with Gasteiger partial charge in [0.15, 0.2) is 11.4 Å². The first-order chi connectivity index (χ1) is 11.3. The first-order valence-corrected chi connectivity index (χ1v) is 11.3. The summed E-state index contributed by atoms with van der Waals surface area (Å²) in [4.78, 5) is 11.6. The zero-order valence-corrected chi connectivity index (χ0v) is 15.3. The summed E-state index contributed by atoms with van der Waals surface area (Å²) in [6.07, 6.45) is 3.02. The first-order valence-electron chi connectivity index (χ1n) is 7.56. The van der Waals surface area contributed by atoms with Crippen LogP contribution in [0.15, 0.2) is 18.5 Å². The Morgan fingerprint density at radius 1 is 1.33 bits per heavy atom. The van der Waals surface area contributed by atoms with Gasteiger partial charge in [0.05, 0.1) is 19.5 Å². The van der Waals surface area contributed by atoms with Crippen LogP contribution in [0.25, 0.3) is 11.3 Å². The lowest BCUT2D eigenvalue weighted by atomic mass is 10.2. The largest absolute Gasteiger partial charge is 0.492 e. The van der Waals surface area contributed by atoms with E-state index in [9.17, 15) is 9.90 Å². The number of hydrogen-bond donors (Lipinski definition) is 1. The van der Waals surface area contributed by atoms with Gasteiger partial charge in [0, 0.05) is 20.2 Å². The van der Waals surface area contributed by atoms with Crippen LogP contribution >= 0.6 is 0 Å². The molecular formula is C15H22N4O4Si. The molecule has 0 unspecified atom stereocenters. The average molecular weight is 350 g/mol. The molecule has 2 rings (SSSR count). The monoisotopic (exact) mass is 350 g/mol. The maximum absolute atomic E-state index is 11.6. The molecule has 2 heterocycles. The van der Waals surface area contributed by atoms with E-state index in [4.69, 9.17) is 9.47 Å². The van der Waals surface area contributed by atoms with E-state index >= 15 is 0 Å². The number of carboxylic acids is 1. The van der Waals surface area contributed by atoms with Crippen LogP contribution in [0.1, 0.15) is 10.5 Å². The van der Waals surface area contributed by atoms with Crippen LogP contribution in [0.4, 0.5) is 0 Å². The number of nitrogens with zero attached hydrogens (tertiary/aromatic N) is 4. The van der Waals surface area contributed by atoms with Gasteiger partial charge in [-0.25, -0.2) is 9.48 Å². The Hall–Kier alpha value is -2.26. The molecule has 0 aliphatic carbocycles. The number of methoxy groups -OCH3 is 1. The highest BCUT2D eigenvalue weighted by atomic mass is 28.3. The normalized spacial score (nSPS) is 11.5. The van der Waals surface area contributed by atoms with Crippen molar-refractivity contribution in [3.8, 4) is 17.0 Å². The van der Waals surface area contributed by atoms with Gasteiger partial charge in [-0.15, -0.1) is 0 Å². The molecule has 9 heteroatoms. The minimum absolute atomic E-state index is 0.0442. The highest BCUT2D eigenvalue weighted by molar-refractivity contribution is 6.76. The molecular weight excluding hydrogens is 328 g/mol. The van der Waals surface area contributed by atoms with Gasteiger partial charge >= 0.3 is 5.97 Å². The van der Waals surface area contributed by atoms with Crippen LogP contribution in [0.3, 0.4) is 0 Å². The highest BCUT2D eigenvalue weighted by Gasteiger charge is 2.25. The molecule has 0 fully saturated rings. The Morgan fingerprint density at radius 2 is 2.08 bits per heavy atom. The third kappa shape index (κ3) is 4.39. The van der Waals surface area contributed by atoms with Crippen LogP contribution in [-0.4, -0.2) is 52.8 Å². The summed E-state index contributed by atoms with van der Waals surface area (Å²) in [6, 6.07) is 2.69. The number of rotatable bonds is 8. The smallest absolute Gasteiger partial charge is 0.358 e. The molecule has 8 nitrogen and oxygen atoms in total. The molecule has 0 aliphatic rings. The summed E-state index contributed by atoms with van der Waals surface area (Å²) < 4.78 is 12.2. The molecule has 130 valence electrons. The zero-order chi connectivity index (χ0) is 17.7.